The van der Waals surface area contributed by atoms with E-state index in [1.54, 1.807) is 36.1 Å². The second-order valence-corrected chi connectivity index (χ2v) is 6.50. The van der Waals surface area contributed by atoms with Crippen LogP contribution in [0.25, 0.3) is 11.8 Å². The molecule has 0 atom stereocenters. The van der Waals surface area contributed by atoms with E-state index in [9.17, 15) is 18.0 Å². The van der Waals surface area contributed by atoms with Crippen molar-refractivity contribution in [3.63, 3.8) is 0 Å². The van der Waals surface area contributed by atoms with E-state index >= 15 is 0 Å². The average Bonchev–Trinajstić information content (AvgIpc) is 3.15. The van der Waals surface area contributed by atoms with E-state index in [1.807, 2.05) is 30.3 Å². The molecular weight excluding hydrogens is 381 g/mol. The number of amides is 1. The molecule has 8 heteroatoms. The molecule has 3 aromatic rings. The quantitative estimate of drug-likeness (QED) is 0.637. The predicted molar refractivity (Wildman–Crippen MR) is 107 cm³/mol. The molecule has 0 bridgehead atoms. The first-order valence-corrected chi connectivity index (χ1v) is 8.72. The van der Waals surface area contributed by atoms with Gasteiger partial charge in [0.2, 0.25) is 5.91 Å². The lowest BCUT2D eigenvalue weighted by atomic mass is 10.1. The number of halogens is 3. The maximum absolute atomic E-state index is 13.4. The minimum Gasteiger partial charge on any atom is -0.378 e. The standard InChI is InChI=1S/C21H19F3N4O/c1-27(2)17-9-10-19(18(12-17)21(22,23)24)26-20(29)11-8-15-13-25-28(14-15)16-6-4-3-5-7-16/h3-14H,1-2H3,(H,26,29)/b11-8+. The van der Waals surface area contributed by atoms with E-state index in [4.69, 9.17) is 0 Å². The second-order valence-electron chi connectivity index (χ2n) is 6.50. The van der Waals surface area contributed by atoms with E-state index in [1.165, 1.54) is 24.3 Å². The molecule has 3 rings (SSSR count). The highest BCUT2D eigenvalue weighted by Crippen LogP contribution is 2.37. The van der Waals surface area contributed by atoms with Crippen LogP contribution in [0, 0.1) is 0 Å². The fraction of sp³-hybridized carbons (Fsp3) is 0.143. The summed E-state index contributed by atoms with van der Waals surface area (Å²) in [5.74, 6) is -0.666. The lowest BCUT2D eigenvalue weighted by molar-refractivity contribution is -0.136. The molecule has 0 aliphatic rings. The summed E-state index contributed by atoms with van der Waals surface area (Å²) >= 11 is 0. The Morgan fingerprint density at radius 1 is 1.14 bits per heavy atom. The molecule has 0 aliphatic heterocycles. The van der Waals surface area contributed by atoms with Crippen molar-refractivity contribution in [2.24, 2.45) is 0 Å². The van der Waals surface area contributed by atoms with E-state index in [0.29, 0.717) is 11.3 Å². The number of nitrogens with zero attached hydrogens (tertiary/aromatic N) is 3. The normalized spacial score (nSPS) is 11.6. The van der Waals surface area contributed by atoms with Crippen molar-refractivity contribution < 1.29 is 18.0 Å². The van der Waals surface area contributed by atoms with Gasteiger partial charge in [-0.1, -0.05) is 18.2 Å². The number of carbonyl (C=O) groups is 1. The zero-order valence-electron chi connectivity index (χ0n) is 15.8. The van der Waals surface area contributed by atoms with Gasteiger partial charge in [0.15, 0.2) is 0 Å². The Bertz CT molecular complexity index is 1020. The van der Waals surface area contributed by atoms with Gasteiger partial charge < -0.3 is 10.2 Å². The molecule has 0 saturated heterocycles. The molecule has 0 radical (unpaired) electrons. The van der Waals surface area contributed by atoms with Crippen molar-refractivity contribution in [3.8, 4) is 5.69 Å². The van der Waals surface area contributed by atoms with Gasteiger partial charge in [-0.05, 0) is 36.4 Å². The van der Waals surface area contributed by atoms with Crippen molar-refractivity contribution in [2.45, 2.75) is 6.18 Å². The minimum absolute atomic E-state index is 0.294. The van der Waals surface area contributed by atoms with Crippen LogP contribution in [0.2, 0.25) is 0 Å². The molecule has 0 unspecified atom stereocenters. The van der Waals surface area contributed by atoms with Crippen molar-refractivity contribution in [1.29, 1.82) is 0 Å². The van der Waals surface area contributed by atoms with Crippen LogP contribution in [0.3, 0.4) is 0 Å². The number of alkyl halides is 3. The Balaban J connectivity index is 1.75. The van der Waals surface area contributed by atoms with Gasteiger partial charge >= 0.3 is 6.18 Å². The van der Waals surface area contributed by atoms with Crippen LogP contribution < -0.4 is 10.2 Å². The monoisotopic (exact) mass is 400 g/mol. The maximum atomic E-state index is 13.4. The molecule has 0 aliphatic carbocycles. The topological polar surface area (TPSA) is 50.2 Å². The number of para-hydroxylation sites is 1. The highest BCUT2D eigenvalue weighted by atomic mass is 19.4. The Hall–Kier alpha value is -3.55. The maximum Gasteiger partial charge on any atom is 0.418 e. The van der Waals surface area contributed by atoms with Gasteiger partial charge in [0, 0.05) is 37.6 Å². The molecule has 1 amide bonds. The average molecular weight is 400 g/mol. The van der Waals surface area contributed by atoms with Crippen LogP contribution in [-0.4, -0.2) is 29.8 Å². The summed E-state index contributed by atoms with van der Waals surface area (Å²) in [5, 5.41) is 6.50. The summed E-state index contributed by atoms with van der Waals surface area (Å²) in [6.45, 7) is 0. The fourth-order valence-electron chi connectivity index (χ4n) is 2.64. The molecule has 29 heavy (non-hydrogen) atoms. The van der Waals surface area contributed by atoms with E-state index in [2.05, 4.69) is 10.4 Å². The molecule has 0 fully saturated rings. The van der Waals surface area contributed by atoms with Crippen LogP contribution in [0.5, 0.6) is 0 Å². The van der Waals surface area contributed by atoms with Crippen molar-refractivity contribution in [2.75, 3.05) is 24.3 Å². The number of rotatable bonds is 5. The Labute approximate surface area is 166 Å². The molecule has 1 N–H and O–H groups in total. The Morgan fingerprint density at radius 2 is 1.86 bits per heavy atom. The first kappa shape index (κ1) is 20.2. The molecule has 1 aromatic heterocycles. The predicted octanol–water partition coefficient (Wildman–Crippen LogP) is 4.61. The molecule has 150 valence electrons. The van der Waals surface area contributed by atoms with Crippen LogP contribution in [-0.2, 0) is 11.0 Å². The number of nitrogens with one attached hydrogen (secondary N) is 1. The lowest BCUT2D eigenvalue weighted by Gasteiger charge is -2.18. The highest BCUT2D eigenvalue weighted by Gasteiger charge is 2.34. The number of anilines is 2. The van der Waals surface area contributed by atoms with Gasteiger partial charge in [-0.2, -0.15) is 18.3 Å². The Morgan fingerprint density at radius 3 is 2.52 bits per heavy atom. The van der Waals surface area contributed by atoms with Gasteiger partial charge in [0.25, 0.3) is 0 Å². The first-order chi connectivity index (χ1) is 13.7. The Kier molecular flexibility index (Phi) is 5.72. The zero-order chi connectivity index (χ0) is 21.0. The summed E-state index contributed by atoms with van der Waals surface area (Å²) in [4.78, 5) is 13.7. The zero-order valence-corrected chi connectivity index (χ0v) is 15.8. The minimum atomic E-state index is -4.59. The second kappa shape index (κ2) is 8.22. The van der Waals surface area contributed by atoms with Gasteiger partial charge in [-0.15, -0.1) is 0 Å². The van der Waals surface area contributed by atoms with Crippen molar-refractivity contribution in [3.05, 3.63) is 78.1 Å². The summed E-state index contributed by atoms with van der Waals surface area (Å²) in [6.07, 6.45) is 1.35. The summed E-state index contributed by atoms with van der Waals surface area (Å²) in [5.41, 5.74) is 0.690. The van der Waals surface area contributed by atoms with Crippen LogP contribution in [0.4, 0.5) is 24.5 Å². The lowest BCUT2D eigenvalue weighted by Crippen LogP contribution is -2.16. The number of benzene rings is 2. The molecule has 0 spiro atoms. The highest BCUT2D eigenvalue weighted by molar-refractivity contribution is 6.02. The number of hydrogen-bond donors (Lipinski definition) is 1. The summed E-state index contributed by atoms with van der Waals surface area (Å²) < 4.78 is 41.7. The van der Waals surface area contributed by atoms with Crippen LogP contribution in [0.1, 0.15) is 11.1 Å². The van der Waals surface area contributed by atoms with Gasteiger partial charge in [-0.3, -0.25) is 4.79 Å². The smallest absolute Gasteiger partial charge is 0.378 e. The molecule has 5 nitrogen and oxygen atoms in total. The number of hydrogen-bond acceptors (Lipinski definition) is 3. The third-order valence-corrected chi connectivity index (χ3v) is 4.13. The summed E-state index contributed by atoms with van der Waals surface area (Å²) in [7, 11) is 3.29. The molecule has 0 saturated carbocycles. The SMILES string of the molecule is CN(C)c1ccc(NC(=O)/C=C/c2cnn(-c3ccccc3)c2)c(C(F)(F)F)c1. The number of carbonyl (C=O) groups excluding carboxylic acids is 1. The van der Waals surface area contributed by atoms with Crippen molar-refractivity contribution in [1.82, 2.24) is 9.78 Å². The molecule has 2 aromatic carbocycles. The number of aromatic nitrogens is 2. The van der Waals surface area contributed by atoms with Crippen molar-refractivity contribution >= 4 is 23.4 Å². The third kappa shape index (κ3) is 5.04. The molecular formula is C21H19F3N4O. The van der Waals surface area contributed by atoms with Gasteiger partial charge in [-0.25, -0.2) is 4.68 Å². The van der Waals surface area contributed by atoms with E-state index in [-0.39, 0.29) is 5.69 Å². The van der Waals surface area contributed by atoms with Crippen LogP contribution in [0.15, 0.2) is 67.0 Å². The summed E-state index contributed by atoms with van der Waals surface area (Å²) in [6, 6.07) is 13.2. The van der Waals surface area contributed by atoms with Crippen LogP contribution >= 0.6 is 0 Å². The third-order valence-electron chi connectivity index (χ3n) is 4.13. The van der Waals surface area contributed by atoms with E-state index < -0.39 is 17.6 Å². The molecule has 1 heterocycles. The van der Waals surface area contributed by atoms with E-state index in [0.717, 1.165) is 11.8 Å². The first-order valence-electron chi connectivity index (χ1n) is 8.72. The van der Waals surface area contributed by atoms with Gasteiger partial charge in [0.05, 0.1) is 23.1 Å². The van der Waals surface area contributed by atoms with Gasteiger partial charge in [0.1, 0.15) is 0 Å². The fourth-order valence-corrected chi connectivity index (χ4v) is 2.64. The largest absolute Gasteiger partial charge is 0.418 e.